The number of primary amides is 1. The predicted molar refractivity (Wildman–Crippen MR) is 74.7 cm³/mol. The third-order valence-electron chi connectivity index (χ3n) is 3.69. The number of amides is 1. The van der Waals surface area contributed by atoms with E-state index < -0.39 is 0 Å². The van der Waals surface area contributed by atoms with Crippen molar-refractivity contribution in [1.82, 2.24) is 0 Å². The van der Waals surface area contributed by atoms with Crippen LogP contribution >= 0.6 is 0 Å². The van der Waals surface area contributed by atoms with Gasteiger partial charge in [-0.05, 0) is 29.5 Å². The highest BCUT2D eigenvalue weighted by molar-refractivity contribution is 5.78. The van der Waals surface area contributed by atoms with Gasteiger partial charge in [0.1, 0.15) is 0 Å². The highest BCUT2D eigenvalue weighted by Crippen LogP contribution is 2.27. The van der Waals surface area contributed by atoms with Crippen LogP contribution in [0.25, 0.3) is 0 Å². The quantitative estimate of drug-likeness (QED) is 0.870. The van der Waals surface area contributed by atoms with Crippen LogP contribution in [0, 0.1) is 5.92 Å². The Morgan fingerprint density at radius 2 is 1.89 bits per heavy atom. The Morgan fingerprint density at radius 1 is 1.28 bits per heavy atom. The molecule has 0 spiro atoms. The summed E-state index contributed by atoms with van der Waals surface area (Å²) in [6, 6.07) is 8.63. The van der Waals surface area contributed by atoms with Crippen LogP contribution in [0.3, 0.4) is 0 Å². The van der Waals surface area contributed by atoms with Crippen molar-refractivity contribution >= 4 is 11.6 Å². The van der Waals surface area contributed by atoms with Gasteiger partial charge in [0, 0.05) is 18.8 Å². The Balaban J connectivity index is 2.10. The molecule has 1 heterocycles. The summed E-state index contributed by atoms with van der Waals surface area (Å²) in [5.41, 5.74) is 8.05. The second-order valence-corrected chi connectivity index (χ2v) is 6.13. The summed E-state index contributed by atoms with van der Waals surface area (Å²) in [6.45, 7) is 8.30. The van der Waals surface area contributed by atoms with Crippen LogP contribution < -0.4 is 10.6 Å². The summed E-state index contributed by atoms with van der Waals surface area (Å²) in [5, 5.41) is 0. The zero-order valence-corrected chi connectivity index (χ0v) is 11.4. The van der Waals surface area contributed by atoms with Gasteiger partial charge in [0.05, 0.1) is 5.92 Å². The highest BCUT2D eigenvalue weighted by atomic mass is 16.1. The molecular weight excluding hydrogens is 224 g/mol. The molecule has 1 aromatic rings. The molecule has 0 radical (unpaired) electrons. The molecule has 3 nitrogen and oxygen atoms in total. The molecule has 2 N–H and O–H groups in total. The number of rotatable bonds is 2. The minimum atomic E-state index is -0.177. The first-order valence-electron chi connectivity index (χ1n) is 6.53. The monoisotopic (exact) mass is 246 g/mol. The maximum absolute atomic E-state index is 11.2. The van der Waals surface area contributed by atoms with Crippen LogP contribution in [0.2, 0.25) is 0 Å². The molecule has 98 valence electrons. The first-order valence-corrected chi connectivity index (χ1v) is 6.53. The maximum atomic E-state index is 11.2. The van der Waals surface area contributed by atoms with Crippen LogP contribution in [0.1, 0.15) is 32.8 Å². The number of hydrogen-bond donors (Lipinski definition) is 1. The smallest absolute Gasteiger partial charge is 0.222 e. The molecule has 18 heavy (non-hydrogen) atoms. The van der Waals surface area contributed by atoms with Gasteiger partial charge in [0.2, 0.25) is 5.91 Å². The van der Waals surface area contributed by atoms with E-state index in [-0.39, 0.29) is 17.2 Å². The number of nitrogens with two attached hydrogens (primary N) is 1. The fourth-order valence-electron chi connectivity index (χ4n) is 2.40. The molecule has 3 heteroatoms. The number of benzene rings is 1. The molecule has 1 amide bonds. The Labute approximate surface area is 109 Å². The van der Waals surface area contributed by atoms with Crippen molar-refractivity contribution in [3.63, 3.8) is 0 Å². The fourth-order valence-corrected chi connectivity index (χ4v) is 2.40. The van der Waals surface area contributed by atoms with Gasteiger partial charge in [0.25, 0.3) is 0 Å². The summed E-state index contributed by atoms with van der Waals surface area (Å²) < 4.78 is 0. The molecule has 0 saturated carbocycles. The first-order chi connectivity index (χ1) is 8.38. The topological polar surface area (TPSA) is 46.3 Å². The number of anilines is 1. The zero-order chi connectivity index (χ0) is 13.3. The first kappa shape index (κ1) is 12.9. The Morgan fingerprint density at radius 3 is 2.33 bits per heavy atom. The lowest BCUT2D eigenvalue weighted by molar-refractivity contribution is -0.121. The summed E-state index contributed by atoms with van der Waals surface area (Å²) >= 11 is 0. The van der Waals surface area contributed by atoms with Crippen molar-refractivity contribution in [3.05, 3.63) is 29.8 Å². The van der Waals surface area contributed by atoms with E-state index in [9.17, 15) is 4.79 Å². The number of nitrogens with zero attached hydrogens (tertiary/aromatic N) is 1. The lowest BCUT2D eigenvalue weighted by Crippen LogP contribution is -2.27. The number of hydrogen-bond acceptors (Lipinski definition) is 2. The second-order valence-electron chi connectivity index (χ2n) is 6.13. The molecule has 0 aromatic heterocycles. The van der Waals surface area contributed by atoms with E-state index in [1.54, 1.807) is 0 Å². The molecule has 1 fully saturated rings. The van der Waals surface area contributed by atoms with E-state index in [0.717, 1.165) is 19.5 Å². The average Bonchev–Trinajstić information content (AvgIpc) is 2.77. The molecule has 1 aliphatic heterocycles. The van der Waals surface area contributed by atoms with Crippen LogP contribution in [0.5, 0.6) is 0 Å². The Kier molecular flexibility index (Phi) is 3.33. The number of carbonyl (C=O) groups excluding carboxylic acids is 1. The largest absolute Gasteiger partial charge is 0.371 e. The van der Waals surface area contributed by atoms with Gasteiger partial charge in [-0.25, -0.2) is 0 Å². The fraction of sp³-hybridized carbons (Fsp3) is 0.533. The van der Waals surface area contributed by atoms with Crippen molar-refractivity contribution in [2.24, 2.45) is 11.7 Å². The summed E-state index contributed by atoms with van der Waals surface area (Å²) in [5.74, 6) is -0.170. The van der Waals surface area contributed by atoms with Gasteiger partial charge in [-0.3, -0.25) is 4.79 Å². The molecule has 0 unspecified atom stereocenters. The SMILES string of the molecule is CC(C)(C)c1ccc(N2CC[C@@H](C(N)=O)C2)cc1. The van der Waals surface area contributed by atoms with Crippen LogP contribution in [0.4, 0.5) is 5.69 Å². The lowest BCUT2D eigenvalue weighted by atomic mass is 9.87. The van der Waals surface area contributed by atoms with Crippen molar-refractivity contribution in [1.29, 1.82) is 0 Å². The molecule has 0 bridgehead atoms. The molecule has 2 rings (SSSR count). The van der Waals surface area contributed by atoms with Crippen molar-refractivity contribution in [3.8, 4) is 0 Å². The normalized spacial score (nSPS) is 20.2. The van der Waals surface area contributed by atoms with Gasteiger partial charge in [-0.2, -0.15) is 0 Å². The van der Waals surface area contributed by atoms with Gasteiger partial charge in [-0.15, -0.1) is 0 Å². The van der Waals surface area contributed by atoms with Gasteiger partial charge in [0.15, 0.2) is 0 Å². The summed E-state index contributed by atoms with van der Waals surface area (Å²) in [7, 11) is 0. The van der Waals surface area contributed by atoms with Gasteiger partial charge >= 0.3 is 0 Å². The van der Waals surface area contributed by atoms with Crippen molar-refractivity contribution in [2.45, 2.75) is 32.6 Å². The third kappa shape index (κ3) is 2.66. The van der Waals surface area contributed by atoms with E-state index in [2.05, 4.69) is 49.9 Å². The average molecular weight is 246 g/mol. The predicted octanol–water partition coefficient (Wildman–Crippen LogP) is 2.30. The summed E-state index contributed by atoms with van der Waals surface area (Å²) in [4.78, 5) is 13.4. The standard InChI is InChI=1S/C15H22N2O/c1-15(2,3)12-4-6-13(7-5-12)17-9-8-11(10-17)14(16)18/h4-7,11H,8-10H2,1-3H3,(H2,16,18)/t11-/m1/s1. The van der Waals surface area contributed by atoms with Gasteiger partial charge < -0.3 is 10.6 Å². The zero-order valence-electron chi connectivity index (χ0n) is 11.4. The van der Waals surface area contributed by atoms with E-state index in [4.69, 9.17) is 5.73 Å². The van der Waals surface area contributed by atoms with Crippen molar-refractivity contribution in [2.75, 3.05) is 18.0 Å². The van der Waals surface area contributed by atoms with Crippen LogP contribution in [-0.4, -0.2) is 19.0 Å². The van der Waals surface area contributed by atoms with E-state index >= 15 is 0 Å². The molecule has 1 atom stereocenters. The third-order valence-corrected chi connectivity index (χ3v) is 3.69. The van der Waals surface area contributed by atoms with Crippen LogP contribution in [0.15, 0.2) is 24.3 Å². The van der Waals surface area contributed by atoms with E-state index in [0.29, 0.717) is 0 Å². The van der Waals surface area contributed by atoms with E-state index in [1.807, 2.05) is 0 Å². The Hall–Kier alpha value is -1.51. The minimum absolute atomic E-state index is 0.00675. The summed E-state index contributed by atoms with van der Waals surface area (Å²) in [6.07, 6.45) is 0.871. The lowest BCUT2D eigenvalue weighted by Gasteiger charge is -2.22. The molecule has 1 aliphatic rings. The Bertz CT molecular complexity index is 431. The molecular formula is C15H22N2O. The maximum Gasteiger partial charge on any atom is 0.222 e. The van der Waals surface area contributed by atoms with Gasteiger partial charge in [-0.1, -0.05) is 32.9 Å². The number of carbonyl (C=O) groups is 1. The van der Waals surface area contributed by atoms with Crippen LogP contribution in [-0.2, 0) is 10.2 Å². The van der Waals surface area contributed by atoms with Crippen molar-refractivity contribution < 1.29 is 4.79 Å². The molecule has 1 aromatic carbocycles. The highest BCUT2D eigenvalue weighted by Gasteiger charge is 2.26. The minimum Gasteiger partial charge on any atom is -0.371 e. The second kappa shape index (κ2) is 4.63. The molecule has 0 aliphatic carbocycles. The van der Waals surface area contributed by atoms with E-state index in [1.165, 1.54) is 11.3 Å². The molecule has 1 saturated heterocycles.